The van der Waals surface area contributed by atoms with E-state index in [0.29, 0.717) is 33.2 Å². The number of anilines is 1. The summed E-state index contributed by atoms with van der Waals surface area (Å²) in [5, 5.41) is 22.3. The number of nitriles is 1. The zero-order chi connectivity index (χ0) is 24.8. The molecule has 172 valence electrons. The van der Waals surface area contributed by atoms with Crippen molar-refractivity contribution in [3.63, 3.8) is 0 Å². The van der Waals surface area contributed by atoms with E-state index in [1.165, 1.54) is 23.9 Å². The molecule has 0 atom stereocenters. The van der Waals surface area contributed by atoms with E-state index < -0.39 is 5.97 Å². The van der Waals surface area contributed by atoms with Gasteiger partial charge in [-0.1, -0.05) is 42.5 Å². The van der Waals surface area contributed by atoms with Gasteiger partial charge in [-0.15, -0.1) is 11.8 Å². The molecule has 7 nitrogen and oxygen atoms in total. The smallest absolute Gasteiger partial charge is 0.335 e. The molecule has 0 radical (unpaired) electrons. The van der Waals surface area contributed by atoms with Gasteiger partial charge in [0.15, 0.2) is 0 Å². The first-order chi connectivity index (χ1) is 16.9. The summed E-state index contributed by atoms with van der Waals surface area (Å²) in [5.74, 6) is -0.982. The number of carboxylic acids is 1. The molecule has 0 aliphatic rings. The molecule has 0 spiro atoms. The molecule has 1 heterocycles. The number of hydrogen-bond donors (Lipinski definition) is 3. The molecular formula is C27H19N3O4S. The maximum absolute atomic E-state index is 12.7. The molecule has 0 fully saturated rings. The van der Waals surface area contributed by atoms with Crippen molar-refractivity contribution in [2.24, 2.45) is 0 Å². The molecule has 3 N–H and O–H groups in total. The number of carbonyl (C=O) groups excluding carboxylic acids is 1. The summed E-state index contributed by atoms with van der Waals surface area (Å²) in [7, 11) is 0. The van der Waals surface area contributed by atoms with Crippen molar-refractivity contribution in [1.29, 1.82) is 5.26 Å². The maximum Gasteiger partial charge on any atom is 0.335 e. The average molecular weight is 482 g/mol. The van der Waals surface area contributed by atoms with E-state index in [1.54, 1.807) is 54.6 Å². The van der Waals surface area contributed by atoms with Crippen LogP contribution in [0.5, 0.6) is 0 Å². The maximum atomic E-state index is 12.7. The number of rotatable bonds is 7. The van der Waals surface area contributed by atoms with Gasteiger partial charge in [0, 0.05) is 28.6 Å². The quantitative estimate of drug-likeness (QED) is 0.314. The van der Waals surface area contributed by atoms with Crippen LogP contribution in [0.25, 0.3) is 11.1 Å². The van der Waals surface area contributed by atoms with E-state index in [9.17, 15) is 24.8 Å². The molecule has 0 bridgehead atoms. The highest BCUT2D eigenvalue weighted by atomic mass is 32.2. The van der Waals surface area contributed by atoms with E-state index in [4.69, 9.17) is 0 Å². The predicted octanol–water partition coefficient (Wildman–Crippen LogP) is 5.16. The van der Waals surface area contributed by atoms with Gasteiger partial charge in [-0.25, -0.2) is 4.79 Å². The Labute approximate surface area is 205 Å². The minimum Gasteiger partial charge on any atom is -0.478 e. The van der Waals surface area contributed by atoms with Crippen molar-refractivity contribution in [3.05, 3.63) is 118 Å². The Kier molecular flexibility index (Phi) is 7.10. The van der Waals surface area contributed by atoms with Crippen LogP contribution in [0.2, 0.25) is 0 Å². The molecule has 0 aliphatic heterocycles. The Morgan fingerprint density at radius 2 is 1.69 bits per heavy atom. The summed E-state index contributed by atoms with van der Waals surface area (Å²) in [5.41, 5.74) is 2.79. The largest absolute Gasteiger partial charge is 0.478 e. The zero-order valence-corrected chi connectivity index (χ0v) is 19.1. The van der Waals surface area contributed by atoms with Crippen LogP contribution in [0.15, 0.2) is 94.7 Å². The highest BCUT2D eigenvalue weighted by molar-refractivity contribution is 7.98. The standard InChI is InChI=1S/C27H19N3O4S/c28-15-23-22(18-7-5-8-19(13-18)25(32)29-21-10-2-1-3-11-21)14-24(31)30-26(23)35-16-17-6-4-9-20(12-17)27(33)34/h1-14H,16H2,(H,29,32)(H,30,31)(H,33,34). The van der Waals surface area contributed by atoms with Gasteiger partial charge in [-0.2, -0.15) is 5.26 Å². The second-order valence-corrected chi connectivity index (χ2v) is 8.54. The molecule has 0 aliphatic carbocycles. The number of nitrogens with zero attached hydrogens (tertiary/aromatic N) is 1. The van der Waals surface area contributed by atoms with E-state index in [1.807, 2.05) is 18.2 Å². The molecule has 0 unspecified atom stereocenters. The molecule has 3 aromatic carbocycles. The monoisotopic (exact) mass is 481 g/mol. The molecule has 4 rings (SSSR count). The SMILES string of the molecule is N#Cc1c(-c2cccc(C(=O)Nc3ccccc3)c2)cc(=O)[nH]c1SCc1cccc(C(=O)O)c1. The number of para-hydroxylation sites is 1. The van der Waals surface area contributed by atoms with Gasteiger partial charge in [-0.3, -0.25) is 9.59 Å². The molecule has 1 amide bonds. The number of pyridine rings is 1. The Hall–Kier alpha value is -4.61. The number of nitrogens with one attached hydrogen (secondary N) is 2. The molecule has 0 saturated heterocycles. The van der Waals surface area contributed by atoms with Crippen LogP contribution in [-0.4, -0.2) is 22.0 Å². The second kappa shape index (κ2) is 10.5. The van der Waals surface area contributed by atoms with Gasteiger partial charge >= 0.3 is 5.97 Å². The number of aromatic nitrogens is 1. The Morgan fingerprint density at radius 3 is 2.43 bits per heavy atom. The van der Waals surface area contributed by atoms with Crippen LogP contribution >= 0.6 is 11.8 Å². The fraction of sp³-hybridized carbons (Fsp3) is 0.0370. The molecule has 1 aromatic heterocycles. The first kappa shape index (κ1) is 23.5. The minimum absolute atomic E-state index is 0.163. The molecule has 35 heavy (non-hydrogen) atoms. The fourth-order valence-electron chi connectivity index (χ4n) is 3.49. The van der Waals surface area contributed by atoms with Gasteiger partial charge in [0.25, 0.3) is 5.91 Å². The number of amides is 1. The summed E-state index contributed by atoms with van der Waals surface area (Å²) in [6, 6.07) is 25.8. The average Bonchev–Trinajstić information content (AvgIpc) is 2.88. The van der Waals surface area contributed by atoms with E-state index in [2.05, 4.69) is 16.4 Å². The molecule has 4 aromatic rings. The Morgan fingerprint density at radius 1 is 0.943 bits per heavy atom. The van der Waals surface area contributed by atoms with Crippen molar-refractivity contribution < 1.29 is 14.7 Å². The van der Waals surface area contributed by atoms with Crippen LogP contribution in [0.3, 0.4) is 0 Å². The third-order valence-corrected chi connectivity index (χ3v) is 6.22. The van der Waals surface area contributed by atoms with E-state index >= 15 is 0 Å². The fourth-order valence-corrected chi connectivity index (χ4v) is 4.45. The second-order valence-electron chi connectivity index (χ2n) is 7.56. The summed E-state index contributed by atoms with van der Waals surface area (Å²) >= 11 is 1.23. The van der Waals surface area contributed by atoms with Gasteiger partial charge in [-0.05, 0) is 47.5 Å². The van der Waals surface area contributed by atoms with Crippen molar-refractivity contribution in [2.75, 3.05) is 5.32 Å². The summed E-state index contributed by atoms with van der Waals surface area (Å²) in [4.78, 5) is 39.1. The van der Waals surface area contributed by atoms with Gasteiger partial charge < -0.3 is 15.4 Å². The Bertz CT molecular complexity index is 1510. The first-order valence-electron chi connectivity index (χ1n) is 10.5. The van der Waals surface area contributed by atoms with Gasteiger partial charge in [0.05, 0.1) is 16.2 Å². The summed E-state index contributed by atoms with van der Waals surface area (Å²) in [6.07, 6.45) is 0. The van der Waals surface area contributed by atoms with Crippen molar-refractivity contribution in [2.45, 2.75) is 10.8 Å². The topological polar surface area (TPSA) is 123 Å². The first-order valence-corrected chi connectivity index (χ1v) is 11.5. The number of aromatic carboxylic acids is 1. The highest BCUT2D eigenvalue weighted by Gasteiger charge is 2.15. The van der Waals surface area contributed by atoms with Gasteiger partial charge in [0.1, 0.15) is 6.07 Å². The molecule has 0 saturated carbocycles. The van der Waals surface area contributed by atoms with Crippen LogP contribution in [0.4, 0.5) is 5.69 Å². The number of thioether (sulfide) groups is 1. The van der Waals surface area contributed by atoms with Crippen molar-refractivity contribution >= 4 is 29.3 Å². The van der Waals surface area contributed by atoms with Crippen LogP contribution in [0, 0.1) is 11.3 Å². The van der Waals surface area contributed by atoms with Crippen molar-refractivity contribution in [3.8, 4) is 17.2 Å². The highest BCUT2D eigenvalue weighted by Crippen LogP contribution is 2.31. The Balaban J connectivity index is 1.63. The lowest BCUT2D eigenvalue weighted by atomic mass is 10.00. The third kappa shape index (κ3) is 5.66. The molecular weight excluding hydrogens is 462 g/mol. The van der Waals surface area contributed by atoms with Crippen molar-refractivity contribution in [1.82, 2.24) is 4.98 Å². The lowest BCUT2D eigenvalue weighted by Crippen LogP contribution is -2.12. The number of benzene rings is 3. The zero-order valence-electron chi connectivity index (χ0n) is 18.3. The van der Waals surface area contributed by atoms with E-state index in [-0.39, 0.29) is 22.6 Å². The van der Waals surface area contributed by atoms with E-state index in [0.717, 1.165) is 5.56 Å². The van der Waals surface area contributed by atoms with Crippen LogP contribution in [0.1, 0.15) is 31.8 Å². The predicted molar refractivity (Wildman–Crippen MR) is 135 cm³/mol. The van der Waals surface area contributed by atoms with Gasteiger partial charge in [0.2, 0.25) is 5.56 Å². The summed E-state index contributed by atoms with van der Waals surface area (Å²) in [6.45, 7) is 0. The number of carbonyl (C=O) groups is 2. The molecule has 8 heteroatoms. The van der Waals surface area contributed by atoms with Crippen LogP contribution < -0.4 is 10.9 Å². The third-order valence-electron chi connectivity index (χ3n) is 5.14. The lowest BCUT2D eigenvalue weighted by Gasteiger charge is -2.11. The normalized spacial score (nSPS) is 10.4. The van der Waals surface area contributed by atoms with Crippen LogP contribution in [-0.2, 0) is 5.75 Å². The number of H-pyrrole nitrogens is 1. The lowest BCUT2D eigenvalue weighted by molar-refractivity contribution is 0.0696. The number of carboxylic acid groups (broad SMARTS) is 1. The number of hydrogen-bond acceptors (Lipinski definition) is 5. The number of aromatic amines is 1. The minimum atomic E-state index is -1.03. The summed E-state index contributed by atoms with van der Waals surface area (Å²) < 4.78 is 0.